The molecule has 0 saturated carbocycles. The molecule has 0 radical (unpaired) electrons. The van der Waals surface area contributed by atoms with Crippen molar-refractivity contribution in [2.45, 2.75) is 25.9 Å². The normalized spacial score (nSPS) is 12.8. The van der Waals surface area contributed by atoms with E-state index in [1.54, 1.807) is 7.11 Å². The summed E-state index contributed by atoms with van der Waals surface area (Å²) in [5.41, 5.74) is 2.34. The molecule has 1 atom stereocenters. The first-order valence-electron chi connectivity index (χ1n) is 5.64. The Hall–Kier alpha value is -1.06. The molecule has 0 amide bonds. The standard InChI is InChI=1S/C13H21NO2/c1-10(2)11-5-4-6-12(7-11)14-8-13(15)9-16-3/h4-7,10,13-15H,8-9H2,1-3H3. The fourth-order valence-electron chi connectivity index (χ4n) is 1.49. The first-order chi connectivity index (χ1) is 7.63. The lowest BCUT2D eigenvalue weighted by atomic mass is 10.0. The lowest BCUT2D eigenvalue weighted by Gasteiger charge is -2.13. The minimum absolute atomic E-state index is 0.358. The summed E-state index contributed by atoms with van der Waals surface area (Å²) in [6.07, 6.45) is -0.465. The lowest BCUT2D eigenvalue weighted by molar-refractivity contribution is 0.0727. The van der Waals surface area contributed by atoms with Crippen LogP contribution in [0.3, 0.4) is 0 Å². The summed E-state index contributed by atoms with van der Waals surface area (Å²) < 4.78 is 4.86. The predicted octanol–water partition coefficient (Wildman–Crippen LogP) is 2.23. The number of methoxy groups -OCH3 is 1. The number of aliphatic hydroxyl groups is 1. The van der Waals surface area contributed by atoms with Crippen LogP contribution in [0.25, 0.3) is 0 Å². The lowest BCUT2D eigenvalue weighted by Crippen LogP contribution is -2.24. The van der Waals surface area contributed by atoms with Crippen LogP contribution < -0.4 is 5.32 Å². The van der Waals surface area contributed by atoms with Gasteiger partial charge in [-0.25, -0.2) is 0 Å². The van der Waals surface area contributed by atoms with E-state index in [1.165, 1.54) is 5.56 Å². The van der Waals surface area contributed by atoms with Crippen LogP contribution in [0, 0.1) is 0 Å². The quantitative estimate of drug-likeness (QED) is 0.777. The van der Waals surface area contributed by atoms with Crippen LogP contribution in [0.2, 0.25) is 0 Å². The highest BCUT2D eigenvalue weighted by atomic mass is 16.5. The Morgan fingerprint density at radius 2 is 2.12 bits per heavy atom. The number of hydrogen-bond acceptors (Lipinski definition) is 3. The van der Waals surface area contributed by atoms with Gasteiger partial charge in [-0.2, -0.15) is 0 Å². The zero-order valence-corrected chi connectivity index (χ0v) is 10.2. The second-order valence-electron chi connectivity index (χ2n) is 4.27. The third-order valence-corrected chi connectivity index (χ3v) is 2.45. The highest BCUT2D eigenvalue weighted by molar-refractivity contribution is 5.46. The second kappa shape index (κ2) is 6.51. The molecule has 0 aliphatic carbocycles. The molecule has 2 N–H and O–H groups in total. The molecule has 0 fully saturated rings. The largest absolute Gasteiger partial charge is 0.389 e. The van der Waals surface area contributed by atoms with Crippen LogP contribution in [0.5, 0.6) is 0 Å². The maximum absolute atomic E-state index is 9.50. The Kier molecular flexibility index (Phi) is 5.29. The second-order valence-corrected chi connectivity index (χ2v) is 4.27. The van der Waals surface area contributed by atoms with E-state index in [1.807, 2.05) is 12.1 Å². The minimum Gasteiger partial charge on any atom is -0.389 e. The molecule has 1 rings (SSSR count). The van der Waals surface area contributed by atoms with Crippen molar-refractivity contribution in [3.63, 3.8) is 0 Å². The number of benzene rings is 1. The number of hydrogen-bond donors (Lipinski definition) is 2. The molecule has 0 heterocycles. The Morgan fingerprint density at radius 1 is 1.38 bits per heavy atom. The molecule has 0 aromatic heterocycles. The fraction of sp³-hybridized carbons (Fsp3) is 0.538. The first kappa shape index (κ1) is 13.0. The molecular weight excluding hydrogens is 202 g/mol. The van der Waals surface area contributed by atoms with Gasteiger partial charge in [0.15, 0.2) is 0 Å². The van der Waals surface area contributed by atoms with Crippen molar-refractivity contribution in [1.82, 2.24) is 0 Å². The Bertz CT molecular complexity index is 313. The van der Waals surface area contributed by atoms with Crippen molar-refractivity contribution in [3.05, 3.63) is 29.8 Å². The van der Waals surface area contributed by atoms with Gasteiger partial charge in [0.1, 0.15) is 0 Å². The highest BCUT2D eigenvalue weighted by Gasteiger charge is 2.04. The topological polar surface area (TPSA) is 41.5 Å². The summed E-state index contributed by atoms with van der Waals surface area (Å²) in [4.78, 5) is 0. The average Bonchev–Trinajstić information content (AvgIpc) is 2.27. The van der Waals surface area contributed by atoms with Crippen LogP contribution >= 0.6 is 0 Å². The van der Waals surface area contributed by atoms with Gasteiger partial charge in [-0.1, -0.05) is 26.0 Å². The first-order valence-corrected chi connectivity index (χ1v) is 5.64. The van der Waals surface area contributed by atoms with Gasteiger partial charge in [-0.15, -0.1) is 0 Å². The number of aliphatic hydroxyl groups excluding tert-OH is 1. The van der Waals surface area contributed by atoms with Gasteiger partial charge in [0.05, 0.1) is 12.7 Å². The molecule has 16 heavy (non-hydrogen) atoms. The van der Waals surface area contributed by atoms with Gasteiger partial charge in [0, 0.05) is 19.3 Å². The zero-order valence-electron chi connectivity index (χ0n) is 10.2. The summed E-state index contributed by atoms with van der Waals surface area (Å²) in [5.74, 6) is 0.519. The molecular formula is C13H21NO2. The fourth-order valence-corrected chi connectivity index (χ4v) is 1.49. The van der Waals surface area contributed by atoms with Crippen molar-refractivity contribution in [3.8, 4) is 0 Å². The van der Waals surface area contributed by atoms with E-state index in [0.29, 0.717) is 19.1 Å². The Labute approximate surface area is 97.4 Å². The van der Waals surface area contributed by atoms with Crippen LogP contribution in [0.15, 0.2) is 24.3 Å². The summed E-state index contributed by atoms with van der Waals surface area (Å²) in [5, 5.41) is 12.7. The smallest absolute Gasteiger partial charge is 0.0945 e. The Balaban J connectivity index is 2.50. The third-order valence-electron chi connectivity index (χ3n) is 2.45. The van der Waals surface area contributed by atoms with E-state index in [9.17, 15) is 5.11 Å². The molecule has 3 nitrogen and oxygen atoms in total. The SMILES string of the molecule is COCC(O)CNc1cccc(C(C)C)c1. The Morgan fingerprint density at radius 3 is 2.75 bits per heavy atom. The van der Waals surface area contributed by atoms with E-state index in [2.05, 4.69) is 31.3 Å². The minimum atomic E-state index is -0.465. The van der Waals surface area contributed by atoms with E-state index in [0.717, 1.165) is 5.69 Å². The molecule has 1 aromatic rings. The van der Waals surface area contributed by atoms with Crippen molar-refractivity contribution in [1.29, 1.82) is 0 Å². The molecule has 0 spiro atoms. The van der Waals surface area contributed by atoms with Gasteiger partial charge in [0.2, 0.25) is 0 Å². The number of ether oxygens (including phenoxy) is 1. The maximum Gasteiger partial charge on any atom is 0.0945 e. The van der Waals surface area contributed by atoms with E-state index in [4.69, 9.17) is 4.74 Å². The molecule has 1 unspecified atom stereocenters. The van der Waals surface area contributed by atoms with Crippen molar-refractivity contribution in [2.75, 3.05) is 25.6 Å². The van der Waals surface area contributed by atoms with Gasteiger partial charge >= 0.3 is 0 Å². The molecule has 0 saturated heterocycles. The summed E-state index contributed by atoms with van der Waals surface area (Å²) in [7, 11) is 1.59. The summed E-state index contributed by atoms with van der Waals surface area (Å²) >= 11 is 0. The van der Waals surface area contributed by atoms with Gasteiger partial charge in [0.25, 0.3) is 0 Å². The maximum atomic E-state index is 9.50. The monoisotopic (exact) mass is 223 g/mol. The van der Waals surface area contributed by atoms with Crippen molar-refractivity contribution >= 4 is 5.69 Å². The van der Waals surface area contributed by atoms with Crippen molar-refractivity contribution in [2.24, 2.45) is 0 Å². The van der Waals surface area contributed by atoms with Gasteiger partial charge in [-0.3, -0.25) is 0 Å². The van der Waals surface area contributed by atoms with Crippen LogP contribution in [-0.4, -0.2) is 31.5 Å². The zero-order chi connectivity index (χ0) is 12.0. The molecule has 1 aromatic carbocycles. The van der Waals surface area contributed by atoms with Crippen LogP contribution in [0.4, 0.5) is 5.69 Å². The highest BCUT2D eigenvalue weighted by Crippen LogP contribution is 2.18. The predicted molar refractivity (Wildman–Crippen MR) is 66.9 cm³/mol. The van der Waals surface area contributed by atoms with Gasteiger partial charge in [-0.05, 0) is 23.6 Å². The molecule has 0 bridgehead atoms. The van der Waals surface area contributed by atoms with E-state index >= 15 is 0 Å². The van der Waals surface area contributed by atoms with Crippen LogP contribution in [-0.2, 0) is 4.74 Å². The third kappa shape index (κ3) is 4.21. The number of rotatable bonds is 6. The van der Waals surface area contributed by atoms with E-state index in [-0.39, 0.29) is 0 Å². The number of anilines is 1. The summed E-state index contributed by atoms with van der Waals surface area (Å²) in [6, 6.07) is 8.26. The number of nitrogens with one attached hydrogen (secondary N) is 1. The van der Waals surface area contributed by atoms with Crippen LogP contribution in [0.1, 0.15) is 25.3 Å². The molecule has 0 aliphatic heterocycles. The molecule has 3 heteroatoms. The van der Waals surface area contributed by atoms with Gasteiger partial charge < -0.3 is 15.2 Å². The van der Waals surface area contributed by atoms with Crippen molar-refractivity contribution < 1.29 is 9.84 Å². The molecule has 0 aliphatic rings. The van der Waals surface area contributed by atoms with E-state index < -0.39 is 6.10 Å². The average molecular weight is 223 g/mol. The molecule has 90 valence electrons. The summed E-state index contributed by atoms with van der Waals surface area (Å²) in [6.45, 7) is 5.20.